The molecule has 0 saturated carbocycles. The molecule has 0 atom stereocenters. The molecule has 0 aliphatic carbocycles. The first-order valence-electron chi connectivity index (χ1n) is 4.59. The number of benzene rings is 1. The number of nitrogens with zero attached hydrogens (tertiary/aromatic N) is 1. The first-order valence-corrected chi connectivity index (χ1v) is 4.59. The van der Waals surface area contributed by atoms with Crippen LogP contribution in [0.25, 0.3) is 0 Å². The molecule has 0 aliphatic rings. The van der Waals surface area contributed by atoms with Gasteiger partial charge in [-0.15, -0.1) is 24.8 Å². The second kappa shape index (κ2) is 9.81. The van der Waals surface area contributed by atoms with Crippen molar-refractivity contribution in [3.8, 4) is 0 Å². The molecule has 0 radical (unpaired) electrons. The van der Waals surface area contributed by atoms with Gasteiger partial charge in [-0.1, -0.05) is 12.1 Å². The van der Waals surface area contributed by atoms with Gasteiger partial charge in [-0.25, -0.2) is 4.39 Å². The molecule has 0 aromatic heterocycles. The molecule has 0 amide bonds. The number of rotatable bonds is 5. The van der Waals surface area contributed by atoms with Crippen LogP contribution in [0.5, 0.6) is 0 Å². The molecule has 0 unspecified atom stereocenters. The molecular formula is C10H18Cl2FN3. The maximum Gasteiger partial charge on any atom is 0.123 e. The highest BCUT2D eigenvalue weighted by atomic mass is 35.5. The van der Waals surface area contributed by atoms with Crippen molar-refractivity contribution in [2.45, 2.75) is 6.54 Å². The van der Waals surface area contributed by atoms with E-state index < -0.39 is 0 Å². The predicted molar refractivity (Wildman–Crippen MR) is 69.4 cm³/mol. The first-order chi connectivity index (χ1) is 6.72. The molecule has 16 heavy (non-hydrogen) atoms. The lowest BCUT2D eigenvalue weighted by atomic mass is 10.2. The number of halogens is 3. The molecule has 1 aromatic rings. The summed E-state index contributed by atoms with van der Waals surface area (Å²) < 4.78 is 12.6. The highest BCUT2D eigenvalue weighted by Crippen LogP contribution is 2.04. The predicted octanol–water partition coefficient (Wildman–Crippen LogP) is 1.56. The summed E-state index contributed by atoms with van der Waals surface area (Å²) in [6.07, 6.45) is 0. The molecule has 0 spiro atoms. The van der Waals surface area contributed by atoms with E-state index in [0.29, 0.717) is 0 Å². The molecule has 3 N–H and O–H groups in total. The fourth-order valence-electron chi connectivity index (χ4n) is 1.24. The largest absolute Gasteiger partial charge is 0.301 e. The number of hydrogen-bond acceptors (Lipinski definition) is 3. The quantitative estimate of drug-likeness (QED) is 0.630. The number of hydrazine groups is 1. The van der Waals surface area contributed by atoms with Gasteiger partial charge in [0.05, 0.1) is 0 Å². The summed E-state index contributed by atoms with van der Waals surface area (Å²) in [5.41, 5.74) is 3.69. The molecule has 3 nitrogen and oxygen atoms in total. The Morgan fingerprint density at radius 3 is 2.31 bits per heavy atom. The smallest absolute Gasteiger partial charge is 0.123 e. The van der Waals surface area contributed by atoms with E-state index in [0.717, 1.165) is 25.2 Å². The van der Waals surface area contributed by atoms with Crippen LogP contribution >= 0.6 is 24.8 Å². The summed E-state index contributed by atoms with van der Waals surface area (Å²) in [6, 6.07) is 6.54. The molecule has 0 fully saturated rings. The van der Waals surface area contributed by atoms with Crippen LogP contribution in [0.15, 0.2) is 24.3 Å². The molecular weight excluding hydrogens is 252 g/mol. The van der Waals surface area contributed by atoms with Crippen LogP contribution in [0.2, 0.25) is 0 Å². The molecule has 0 saturated heterocycles. The average Bonchev–Trinajstić information content (AvgIpc) is 2.18. The van der Waals surface area contributed by atoms with E-state index in [1.54, 1.807) is 12.1 Å². The lowest BCUT2D eigenvalue weighted by molar-refractivity contribution is 0.325. The topological polar surface area (TPSA) is 41.3 Å². The molecule has 1 rings (SSSR count). The van der Waals surface area contributed by atoms with Crippen molar-refractivity contribution in [2.24, 2.45) is 5.84 Å². The summed E-state index contributed by atoms with van der Waals surface area (Å²) in [5, 5.41) is 0. The lowest BCUT2D eigenvalue weighted by Crippen LogP contribution is -2.32. The van der Waals surface area contributed by atoms with E-state index in [9.17, 15) is 4.39 Å². The summed E-state index contributed by atoms with van der Waals surface area (Å²) in [6.45, 7) is 2.42. The Balaban J connectivity index is 0. The van der Waals surface area contributed by atoms with Gasteiger partial charge >= 0.3 is 0 Å². The van der Waals surface area contributed by atoms with E-state index in [-0.39, 0.29) is 30.6 Å². The monoisotopic (exact) mass is 269 g/mol. The maximum atomic E-state index is 12.6. The van der Waals surface area contributed by atoms with Crippen LogP contribution in [-0.4, -0.2) is 25.0 Å². The fourth-order valence-corrected chi connectivity index (χ4v) is 1.24. The lowest BCUT2D eigenvalue weighted by Gasteiger charge is -2.15. The van der Waals surface area contributed by atoms with Crippen LogP contribution in [-0.2, 0) is 6.54 Å². The van der Waals surface area contributed by atoms with E-state index >= 15 is 0 Å². The standard InChI is InChI=1S/C10H16FN3.2ClH/c1-14(7-6-13-12)8-9-2-4-10(11)5-3-9;;/h2-5,13H,6-8,12H2,1H3;2*1H. The molecule has 0 heterocycles. The van der Waals surface area contributed by atoms with Crippen molar-refractivity contribution >= 4 is 24.8 Å². The molecule has 0 bridgehead atoms. The third-order valence-corrected chi connectivity index (χ3v) is 2.00. The number of likely N-dealkylation sites (N-methyl/N-ethyl adjacent to an activating group) is 1. The number of hydrogen-bond donors (Lipinski definition) is 2. The zero-order chi connectivity index (χ0) is 10.4. The highest BCUT2D eigenvalue weighted by molar-refractivity contribution is 5.85. The SMILES string of the molecule is CN(CCNN)Cc1ccc(F)cc1.Cl.Cl. The third-order valence-electron chi connectivity index (χ3n) is 2.00. The van der Waals surface area contributed by atoms with Gasteiger partial charge in [0.15, 0.2) is 0 Å². The Hall–Kier alpha value is -0.390. The van der Waals surface area contributed by atoms with Crippen molar-refractivity contribution in [1.82, 2.24) is 10.3 Å². The van der Waals surface area contributed by atoms with E-state index in [1.807, 2.05) is 7.05 Å². The van der Waals surface area contributed by atoms with Crippen molar-refractivity contribution in [2.75, 3.05) is 20.1 Å². The summed E-state index contributed by atoms with van der Waals surface area (Å²) >= 11 is 0. The van der Waals surface area contributed by atoms with Gasteiger partial charge < -0.3 is 4.90 Å². The molecule has 94 valence electrons. The van der Waals surface area contributed by atoms with Gasteiger partial charge in [0, 0.05) is 19.6 Å². The van der Waals surface area contributed by atoms with Gasteiger partial charge in [0.25, 0.3) is 0 Å². The van der Waals surface area contributed by atoms with Gasteiger partial charge in [-0.2, -0.15) is 0 Å². The number of nitrogens with one attached hydrogen (secondary N) is 1. The Morgan fingerprint density at radius 2 is 1.81 bits per heavy atom. The Labute approximate surface area is 108 Å². The average molecular weight is 270 g/mol. The van der Waals surface area contributed by atoms with Gasteiger partial charge in [0.1, 0.15) is 5.82 Å². The normalized spacial score (nSPS) is 9.50. The summed E-state index contributed by atoms with van der Waals surface area (Å²) in [4.78, 5) is 2.12. The second-order valence-corrected chi connectivity index (χ2v) is 3.32. The minimum absolute atomic E-state index is 0. The van der Waals surface area contributed by atoms with Gasteiger partial charge in [-0.3, -0.25) is 11.3 Å². The fraction of sp³-hybridized carbons (Fsp3) is 0.400. The van der Waals surface area contributed by atoms with Crippen LogP contribution in [0, 0.1) is 5.82 Å². The zero-order valence-corrected chi connectivity index (χ0v) is 10.8. The molecule has 6 heteroatoms. The van der Waals surface area contributed by atoms with E-state index in [2.05, 4.69) is 10.3 Å². The van der Waals surface area contributed by atoms with E-state index in [1.165, 1.54) is 12.1 Å². The Morgan fingerprint density at radius 1 is 1.25 bits per heavy atom. The van der Waals surface area contributed by atoms with Crippen LogP contribution in [0.1, 0.15) is 5.56 Å². The number of nitrogens with two attached hydrogens (primary N) is 1. The van der Waals surface area contributed by atoms with Crippen LogP contribution in [0.3, 0.4) is 0 Å². The second-order valence-electron chi connectivity index (χ2n) is 3.32. The summed E-state index contributed by atoms with van der Waals surface area (Å²) in [5.74, 6) is 4.97. The van der Waals surface area contributed by atoms with Crippen molar-refractivity contribution in [3.63, 3.8) is 0 Å². The minimum atomic E-state index is -0.194. The van der Waals surface area contributed by atoms with E-state index in [4.69, 9.17) is 5.84 Å². The molecule has 1 aromatic carbocycles. The minimum Gasteiger partial charge on any atom is -0.301 e. The van der Waals surface area contributed by atoms with Crippen molar-refractivity contribution in [1.29, 1.82) is 0 Å². The van der Waals surface area contributed by atoms with Crippen LogP contribution in [0.4, 0.5) is 4.39 Å². The Bertz CT molecular complexity index is 269. The Kier molecular flexibility index (Phi) is 11.0. The highest BCUT2D eigenvalue weighted by Gasteiger charge is 1.99. The zero-order valence-electron chi connectivity index (χ0n) is 9.15. The van der Waals surface area contributed by atoms with Crippen molar-refractivity contribution < 1.29 is 4.39 Å². The first kappa shape index (κ1) is 18.0. The van der Waals surface area contributed by atoms with Crippen LogP contribution < -0.4 is 11.3 Å². The van der Waals surface area contributed by atoms with Crippen molar-refractivity contribution in [3.05, 3.63) is 35.6 Å². The maximum absolute atomic E-state index is 12.6. The summed E-state index contributed by atoms with van der Waals surface area (Å²) in [7, 11) is 2.00. The third kappa shape index (κ3) is 6.98. The molecule has 0 aliphatic heterocycles. The van der Waals surface area contributed by atoms with Gasteiger partial charge in [-0.05, 0) is 24.7 Å². The van der Waals surface area contributed by atoms with Gasteiger partial charge in [0.2, 0.25) is 0 Å².